The van der Waals surface area contributed by atoms with E-state index in [4.69, 9.17) is 18.6 Å². The largest absolute Gasteiger partial charge is 0.534 e. The molecule has 8 heteroatoms. The van der Waals surface area contributed by atoms with Gasteiger partial charge in [0.05, 0.1) is 33.5 Å². The summed E-state index contributed by atoms with van der Waals surface area (Å²) in [6.07, 6.45) is 0. The third-order valence-corrected chi connectivity index (χ3v) is 12.4. The van der Waals surface area contributed by atoms with E-state index in [0.29, 0.717) is 29.4 Å². The zero-order valence-electron chi connectivity index (χ0n) is 25.2. The predicted octanol–water partition coefficient (Wildman–Crippen LogP) is 7.52. The van der Waals surface area contributed by atoms with E-state index in [2.05, 4.69) is 79.3 Å². The van der Waals surface area contributed by atoms with Gasteiger partial charge in [-0.15, -0.1) is 0 Å². The van der Waals surface area contributed by atoms with Crippen LogP contribution >= 0.6 is 0 Å². The molecule has 0 saturated heterocycles. The van der Waals surface area contributed by atoms with E-state index < -0.39 is 14.4 Å². The van der Waals surface area contributed by atoms with Crippen LogP contribution in [-0.4, -0.2) is 29.1 Å². The van der Waals surface area contributed by atoms with Crippen LogP contribution in [0.15, 0.2) is 102 Å². The lowest BCUT2D eigenvalue weighted by molar-refractivity contribution is 0.107. The molecule has 4 aromatic rings. The number of rotatable bonds is 12. The Labute approximate surface area is 249 Å². The van der Waals surface area contributed by atoms with E-state index in [0.717, 1.165) is 21.5 Å². The molecule has 0 bridgehead atoms. The lowest BCUT2D eigenvalue weighted by Crippen LogP contribution is -2.68. The van der Waals surface area contributed by atoms with E-state index >= 15 is 0 Å². The fourth-order valence-corrected chi connectivity index (χ4v) is 9.94. The normalized spacial score (nSPS) is 12.2. The summed E-state index contributed by atoms with van der Waals surface area (Å²) in [5, 5.41) is 6.17. The number of ether oxygens (including phenoxy) is 3. The summed E-state index contributed by atoms with van der Waals surface area (Å²) >= 11 is 0. The maximum Gasteiger partial charge on any atom is 0.319 e. The number of azide groups is 1. The standard InChI is InChI=1S/C34H39N3O4Si/c1-25-31(41-42(34(2,3)4,27-18-12-8-13-19-27)28-20-14-9-15-21-28)22-29(33(39-6)32(25)38-5)30(36-37-35)24-40-23-26-16-10-7-11-17-26/h7-22,30H,23-24H2,1-6H3/t30-/m0/s1. The average molecular weight is 582 g/mol. The summed E-state index contributed by atoms with van der Waals surface area (Å²) in [5.74, 6) is 1.67. The zero-order chi connectivity index (χ0) is 30.2. The first kappa shape index (κ1) is 30.7. The second-order valence-corrected chi connectivity index (χ2v) is 15.4. The summed E-state index contributed by atoms with van der Waals surface area (Å²) in [5.41, 5.74) is 12.0. The molecule has 7 nitrogen and oxygen atoms in total. The Hall–Kier alpha value is -4.23. The molecule has 0 heterocycles. The van der Waals surface area contributed by atoms with Crippen LogP contribution in [0, 0.1) is 6.92 Å². The minimum Gasteiger partial charge on any atom is -0.534 e. The van der Waals surface area contributed by atoms with E-state index in [1.54, 1.807) is 14.2 Å². The maximum absolute atomic E-state index is 9.53. The molecule has 0 spiro atoms. The fraction of sp³-hybridized carbons (Fsp3) is 0.294. The van der Waals surface area contributed by atoms with Crippen LogP contribution in [0.3, 0.4) is 0 Å². The van der Waals surface area contributed by atoms with Crippen molar-refractivity contribution in [1.29, 1.82) is 0 Å². The van der Waals surface area contributed by atoms with Gasteiger partial charge in [-0.25, -0.2) is 0 Å². The van der Waals surface area contributed by atoms with Crippen molar-refractivity contribution in [3.8, 4) is 17.2 Å². The zero-order valence-corrected chi connectivity index (χ0v) is 26.2. The smallest absolute Gasteiger partial charge is 0.319 e. The second kappa shape index (κ2) is 13.6. The lowest BCUT2D eigenvalue weighted by atomic mass is 10.0. The molecule has 0 unspecified atom stereocenters. The third kappa shape index (κ3) is 6.31. The topological polar surface area (TPSA) is 85.7 Å². The van der Waals surface area contributed by atoms with Crippen molar-refractivity contribution in [3.63, 3.8) is 0 Å². The number of hydrogen-bond donors (Lipinski definition) is 0. The molecule has 0 N–H and O–H groups in total. The van der Waals surface area contributed by atoms with Crippen LogP contribution in [0.1, 0.15) is 43.5 Å². The Bertz CT molecular complexity index is 1460. The van der Waals surface area contributed by atoms with E-state index in [9.17, 15) is 5.53 Å². The van der Waals surface area contributed by atoms with Gasteiger partial charge in [-0.3, -0.25) is 0 Å². The second-order valence-electron chi connectivity index (χ2n) is 11.1. The van der Waals surface area contributed by atoms with Crippen molar-refractivity contribution < 1.29 is 18.6 Å². The molecule has 0 fully saturated rings. The molecule has 0 aromatic heterocycles. The van der Waals surface area contributed by atoms with E-state index in [-0.39, 0.29) is 11.6 Å². The van der Waals surface area contributed by atoms with Crippen LogP contribution in [0.5, 0.6) is 17.2 Å². The molecule has 4 aromatic carbocycles. The Balaban J connectivity index is 1.87. The van der Waals surface area contributed by atoms with Crippen molar-refractivity contribution >= 4 is 18.7 Å². The van der Waals surface area contributed by atoms with Gasteiger partial charge in [0.15, 0.2) is 11.5 Å². The number of hydrogen-bond acceptors (Lipinski definition) is 5. The minimum atomic E-state index is -2.96. The fourth-order valence-electron chi connectivity index (χ4n) is 5.46. The highest BCUT2D eigenvalue weighted by Gasteiger charge is 2.52. The molecular weight excluding hydrogens is 542 g/mol. The summed E-state index contributed by atoms with van der Waals surface area (Å²) in [7, 11) is 0.230. The average Bonchev–Trinajstić information content (AvgIpc) is 3.00. The quantitative estimate of drug-likeness (QED) is 0.0749. The monoisotopic (exact) mass is 581 g/mol. The summed E-state index contributed by atoms with van der Waals surface area (Å²) in [6.45, 7) is 9.20. The minimum absolute atomic E-state index is 0.153. The molecular formula is C34H39N3O4Si. The summed E-state index contributed by atoms with van der Waals surface area (Å²) < 4.78 is 25.2. The van der Waals surface area contributed by atoms with Crippen molar-refractivity contribution in [2.24, 2.45) is 5.11 Å². The maximum atomic E-state index is 9.53. The Morgan fingerprint density at radius 1 is 0.810 bits per heavy atom. The van der Waals surface area contributed by atoms with Gasteiger partial charge < -0.3 is 18.6 Å². The number of nitrogens with zero attached hydrogens (tertiary/aromatic N) is 3. The first-order valence-corrected chi connectivity index (χ1v) is 15.9. The van der Waals surface area contributed by atoms with Crippen molar-refractivity contribution in [2.45, 2.75) is 45.4 Å². The lowest BCUT2D eigenvalue weighted by Gasteiger charge is -2.43. The van der Waals surface area contributed by atoms with Gasteiger partial charge in [-0.05, 0) is 39.5 Å². The highest BCUT2D eigenvalue weighted by Crippen LogP contribution is 2.46. The molecule has 4 rings (SSSR count). The molecule has 42 heavy (non-hydrogen) atoms. The van der Waals surface area contributed by atoms with Crippen molar-refractivity contribution in [3.05, 3.63) is 124 Å². The predicted molar refractivity (Wildman–Crippen MR) is 171 cm³/mol. The van der Waals surface area contributed by atoms with Gasteiger partial charge in [0.1, 0.15) is 5.75 Å². The summed E-state index contributed by atoms with van der Waals surface area (Å²) in [6, 6.07) is 32.0. The molecule has 0 amide bonds. The van der Waals surface area contributed by atoms with Gasteiger partial charge >= 0.3 is 8.32 Å². The first-order chi connectivity index (χ1) is 20.3. The van der Waals surface area contributed by atoms with Crippen LogP contribution in [0.4, 0.5) is 0 Å². The molecule has 0 aliphatic carbocycles. The Morgan fingerprint density at radius 3 is 1.81 bits per heavy atom. The van der Waals surface area contributed by atoms with Gasteiger partial charge in [-0.1, -0.05) is 117 Å². The van der Waals surface area contributed by atoms with E-state index in [1.165, 1.54) is 0 Å². The van der Waals surface area contributed by atoms with E-state index in [1.807, 2.05) is 55.5 Å². The summed E-state index contributed by atoms with van der Waals surface area (Å²) in [4.78, 5) is 3.15. The molecule has 0 aliphatic rings. The highest BCUT2D eigenvalue weighted by molar-refractivity contribution is 7.00. The van der Waals surface area contributed by atoms with Crippen molar-refractivity contribution in [1.82, 2.24) is 0 Å². The van der Waals surface area contributed by atoms with Crippen LogP contribution in [-0.2, 0) is 11.3 Å². The van der Waals surface area contributed by atoms with Crippen LogP contribution in [0.25, 0.3) is 10.4 Å². The van der Waals surface area contributed by atoms with Gasteiger partial charge in [0.25, 0.3) is 0 Å². The number of methoxy groups -OCH3 is 2. The number of benzene rings is 4. The molecule has 0 aliphatic heterocycles. The van der Waals surface area contributed by atoms with Crippen LogP contribution < -0.4 is 24.3 Å². The van der Waals surface area contributed by atoms with Gasteiger partial charge in [-0.2, -0.15) is 0 Å². The SMILES string of the molecule is COc1c([C@H](COCc2ccccc2)N=[N+]=[N-])cc(O[Si](c2ccccc2)(c2ccccc2)C(C)(C)C)c(C)c1OC. The Morgan fingerprint density at radius 2 is 1.33 bits per heavy atom. The van der Waals surface area contributed by atoms with Crippen molar-refractivity contribution in [2.75, 3.05) is 20.8 Å². The highest BCUT2D eigenvalue weighted by atomic mass is 28.4. The molecule has 1 atom stereocenters. The first-order valence-electron chi connectivity index (χ1n) is 14.0. The van der Waals surface area contributed by atoms with Crippen LogP contribution in [0.2, 0.25) is 5.04 Å². The van der Waals surface area contributed by atoms with Gasteiger partial charge in [0, 0.05) is 16.0 Å². The van der Waals surface area contributed by atoms with Gasteiger partial charge in [0.2, 0.25) is 0 Å². The molecule has 218 valence electrons. The molecule has 0 radical (unpaired) electrons. The third-order valence-electron chi connectivity index (χ3n) is 7.49. The Kier molecular flexibility index (Phi) is 9.96. The molecule has 0 saturated carbocycles.